The third-order valence-corrected chi connectivity index (χ3v) is 2.97. The number of benzene rings is 1. The van der Waals surface area contributed by atoms with Crippen molar-refractivity contribution in [3.8, 4) is 6.07 Å². The van der Waals surface area contributed by atoms with Gasteiger partial charge in [0.15, 0.2) is 0 Å². The van der Waals surface area contributed by atoms with E-state index in [1.54, 1.807) is 0 Å². The second kappa shape index (κ2) is 4.73. The van der Waals surface area contributed by atoms with Crippen molar-refractivity contribution in [2.45, 2.75) is 26.9 Å². The van der Waals surface area contributed by atoms with Crippen LogP contribution in [0.4, 0.5) is 0 Å². The Morgan fingerprint density at radius 3 is 2.56 bits per heavy atom. The van der Waals surface area contributed by atoms with E-state index in [1.807, 2.05) is 51.1 Å². The van der Waals surface area contributed by atoms with Crippen LogP contribution < -0.4 is 5.32 Å². The summed E-state index contributed by atoms with van der Waals surface area (Å²) < 4.78 is 5.87. The molecule has 18 heavy (non-hydrogen) atoms. The van der Waals surface area contributed by atoms with Crippen molar-refractivity contribution in [1.29, 1.82) is 5.26 Å². The first-order valence-corrected chi connectivity index (χ1v) is 6.12. The highest BCUT2D eigenvalue weighted by molar-refractivity contribution is 5.32. The zero-order valence-corrected chi connectivity index (χ0v) is 11.0. The van der Waals surface area contributed by atoms with Gasteiger partial charge in [-0.25, -0.2) is 0 Å². The van der Waals surface area contributed by atoms with E-state index >= 15 is 0 Å². The molecular weight excluding hydrogens is 224 g/mol. The number of ether oxygens (including phenoxy) is 1. The highest BCUT2D eigenvalue weighted by Gasteiger charge is 2.29. The van der Waals surface area contributed by atoms with E-state index < -0.39 is 0 Å². The third kappa shape index (κ3) is 2.48. The van der Waals surface area contributed by atoms with Crippen LogP contribution >= 0.6 is 0 Å². The van der Waals surface area contributed by atoms with E-state index in [2.05, 4.69) is 11.4 Å². The highest BCUT2D eigenvalue weighted by Crippen LogP contribution is 2.32. The van der Waals surface area contributed by atoms with Gasteiger partial charge in [-0.2, -0.15) is 5.26 Å². The van der Waals surface area contributed by atoms with Gasteiger partial charge in [-0.15, -0.1) is 0 Å². The molecule has 1 aromatic rings. The second-order valence-electron chi connectivity index (χ2n) is 5.46. The van der Waals surface area contributed by atoms with Gasteiger partial charge in [-0.1, -0.05) is 51.1 Å². The van der Waals surface area contributed by atoms with Crippen LogP contribution in [0.25, 0.3) is 0 Å². The molecule has 0 radical (unpaired) electrons. The van der Waals surface area contributed by atoms with Crippen LogP contribution in [0.2, 0.25) is 0 Å². The summed E-state index contributed by atoms with van der Waals surface area (Å²) in [6, 6.07) is 12.3. The van der Waals surface area contributed by atoms with Crippen molar-refractivity contribution in [1.82, 2.24) is 5.32 Å². The van der Waals surface area contributed by atoms with Crippen LogP contribution in [0.3, 0.4) is 0 Å². The lowest BCUT2D eigenvalue weighted by atomic mass is 9.87. The fourth-order valence-corrected chi connectivity index (χ4v) is 1.97. The zero-order valence-electron chi connectivity index (χ0n) is 11.0. The Kier molecular flexibility index (Phi) is 3.29. The van der Waals surface area contributed by atoms with E-state index in [1.165, 1.54) is 0 Å². The van der Waals surface area contributed by atoms with Crippen molar-refractivity contribution in [2.75, 3.05) is 6.54 Å². The van der Waals surface area contributed by atoms with Crippen LogP contribution in [-0.2, 0) is 4.74 Å². The quantitative estimate of drug-likeness (QED) is 0.769. The van der Waals surface area contributed by atoms with Gasteiger partial charge in [0.05, 0.1) is 12.1 Å². The van der Waals surface area contributed by atoms with Gasteiger partial charge in [0.2, 0.25) is 5.88 Å². The fraction of sp³-hybridized carbons (Fsp3) is 0.400. The van der Waals surface area contributed by atoms with E-state index in [-0.39, 0.29) is 11.5 Å². The average molecular weight is 242 g/mol. The van der Waals surface area contributed by atoms with E-state index in [0.717, 1.165) is 5.56 Å². The average Bonchev–Trinajstić information content (AvgIpc) is 2.78. The smallest absolute Gasteiger partial charge is 0.202 e. The minimum absolute atomic E-state index is 0.00750. The topological polar surface area (TPSA) is 45.0 Å². The van der Waals surface area contributed by atoms with Gasteiger partial charge in [-0.05, 0) is 5.56 Å². The molecule has 1 saturated heterocycles. The van der Waals surface area contributed by atoms with Gasteiger partial charge in [0.25, 0.3) is 0 Å². The molecule has 2 rings (SSSR count). The Morgan fingerprint density at radius 2 is 2.00 bits per heavy atom. The third-order valence-electron chi connectivity index (χ3n) is 2.97. The van der Waals surface area contributed by atoms with Crippen LogP contribution in [0.15, 0.2) is 41.8 Å². The molecule has 1 aromatic carbocycles. The minimum atomic E-state index is -0.206. The number of rotatable bonds is 1. The van der Waals surface area contributed by atoms with Crippen molar-refractivity contribution in [3.63, 3.8) is 0 Å². The molecule has 0 amide bonds. The maximum atomic E-state index is 9.25. The zero-order chi connectivity index (χ0) is 13.2. The van der Waals surface area contributed by atoms with Crippen molar-refractivity contribution >= 4 is 0 Å². The Bertz CT molecular complexity index is 491. The molecule has 1 fully saturated rings. The first-order chi connectivity index (χ1) is 8.52. The van der Waals surface area contributed by atoms with Crippen LogP contribution in [-0.4, -0.2) is 6.54 Å². The number of allylic oxidation sites excluding steroid dienone is 1. The van der Waals surface area contributed by atoms with Crippen molar-refractivity contribution in [3.05, 3.63) is 47.4 Å². The summed E-state index contributed by atoms with van der Waals surface area (Å²) in [7, 11) is 0. The molecular formula is C15H18N2O. The van der Waals surface area contributed by atoms with E-state index in [0.29, 0.717) is 18.0 Å². The largest absolute Gasteiger partial charge is 0.468 e. The monoisotopic (exact) mass is 242 g/mol. The minimum Gasteiger partial charge on any atom is -0.468 e. The normalized spacial score (nSPS) is 21.8. The molecule has 0 aromatic heterocycles. The highest BCUT2D eigenvalue weighted by atomic mass is 16.5. The molecule has 0 spiro atoms. The molecule has 3 heteroatoms. The second-order valence-corrected chi connectivity index (χ2v) is 5.46. The van der Waals surface area contributed by atoms with Gasteiger partial charge in [0.1, 0.15) is 12.2 Å². The summed E-state index contributed by atoms with van der Waals surface area (Å²) >= 11 is 0. The molecule has 1 atom stereocenters. The molecule has 1 aliphatic heterocycles. The Balaban J connectivity index is 2.23. The number of nitrogens with one attached hydrogen (secondary N) is 1. The summed E-state index contributed by atoms with van der Waals surface area (Å²) in [6.45, 7) is 6.75. The molecule has 0 aliphatic carbocycles. The molecule has 3 nitrogen and oxygen atoms in total. The standard InChI is InChI=1S/C15H18N2O/c1-15(2,3)12(9-16)14-17-10-13(18-14)11-7-5-4-6-8-11/h4-8,13,17H,10H2,1-3H3/b14-12+. The number of nitriles is 1. The van der Waals surface area contributed by atoms with Gasteiger partial charge >= 0.3 is 0 Å². The lowest BCUT2D eigenvalue weighted by molar-refractivity contribution is 0.164. The summed E-state index contributed by atoms with van der Waals surface area (Å²) in [5, 5.41) is 12.4. The van der Waals surface area contributed by atoms with E-state index in [4.69, 9.17) is 4.74 Å². The van der Waals surface area contributed by atoms with E-state index in [9.17, 15) is 5.26 Å². The lowest BCUT2D eigenvalue weighted by Gasteiger charge is -2.19. The molecule has 1 aliphatic rings. The van der Waals surface area contributed by atoms with Gasteiger partial charge < -0.3 is 10.1 Å². The van der Waals surface area contributed by atoms with Crippen LogP contribution in [0, 0.1) is 16.7 Å². The fourth-order valence-electron chi connectivity index (χ4n) is 1.97. The van der Waals surface area contributed by atoms with Crippen molar-refractivity contribution < 1.29 is 4.74 Å². The number of hydrogen-bond acceptors (Lipinski definition) is 3. The molecule has 1 N–H and O–H groups in total. The Morgan fingerprint density at radius 1 is 1.33 bits per heavy atom. The maximum absolute atomic E-state index is 9.25. The number of hydrogen-bond donors (Lipinski definition) is 1. The summed E-state index contributed by atoms with van der Waals surface area (Å²) in [6.07, 6.45) is -0.00750. The molecule has 1 heterocycles. The van der Waals surface area contributed by atoms with Crippen molar-refractivity contribution in [2.24, 2.45) is 5.41 Å². The molecule has 0 bridgehead atoms. The molecule has 94 valence electrons. The predicted octanol–water partition coefficient (Wildman–Crippen LogP) is 3.13. The first-order valence-electron chi connectivity index (χ1n) is 6.12. The van der Waals surface area contributed by atoms with Gasteiger partial charge in [0, 0.05) is 5.41 Å². The summed E-state index contributed by atoms with van der Waals surface area (Å²) in [5.41, 5.74) is 1.59. The summed E-state index contributed by atoms with van der Waals surface area (Å²) in [5.74, 6) is 0.624. The summed E-state index contributed by atoms with van der Waals surface area (Å²) in [4.78, 5) is 0. The predicted molar refractivity (Wildman–Crippen MR) is 70.4 cm³/mol. The molecule has 0 saturated carbocycles. The van der Waals surface area contributed by atoms with Crippen LogP contribution in [0.1, 0.15) is 32.4 Å². The Hall–Kier alpha value is -1.95. The lowest BCUT2D eigenvalue weighted by Crippen LogP contribution is -2.16. The Labute approximate surface area is 108 Å². The molecule has 1 unspecified atom stereocenters. The first kappa shape index (κ1) is 12.5. The van der Waals surface area contributed by atoms with Crippen LogP contribution in [0.5, 0.6) is 0 Å². The maximum Gasteiger partial charge on any atom is 0.202 e. The number of nitrogens with zero attached hydrogens (tertiary/aromatic N) is 1. The SMILES string of the molecule is CC(C)(C)/C(C#N)=C1\NCC(c2ccccc2)O1. The van der Waals surface area contributed by atoms with Gasteiger partial charge in [-0.3, -0.25) is 0 Å².